The number of nitrogens with one attached hydrogen (secondary N) is 1. The zero-order valence-corrected chi connectivity index (χ0v) is 11.9. The number of nitrogens with zero attached hydrogens (tertiary/aromatic N) is 1. The van der Waals surface area contributed by atoms with E-state index in [9.17, 15) is 0 Å². The molecular weight excluding hydrogens is 224 g/mol. The zero-order chi connectivity index (χ0) is 13.2. The number of benzene rings is 1. The fourth-order valence-corrected chi connectivity index (χ4v) is 1.93. The molecular formula is C15H26N2O. The number of hydrogen-bond acceptors (Lipinski definition) is 3. The average Bonchev–Trinajstić information content (AvgIpc) is 2.42. The Morgan fingerprint density at radius 2 is 1.94 bits per heavy atom. The summed E-state index contributed by atoms with van der Waals surface area (Å²) in [4.78, 5) is 2.31. The average molecular weight is 250 g/mol. The Kier molecular flexibility index (Phi) is 7.65. The van der Waals surface area contributed by atoms with E-state index in [1.807, 2.05) is 6.07 Å². The van der Waals surface area contributed by atoms with Crippen LogP contribution in [0.1, 0.15) is 25.0 Å². The molecule has 0 radical (unpaired) electrons. The first-order chi connectivity index (χ1) is 8.77. The highest BCUT2D eigenvalue weighted by Gasteiger charge is 2.12. The molecule has 0 aliphatic heterocycles. The van der Waals surface area contributed by atoms with Crippen molar-refractivity contribution in [2.45, 2.75) is 19.4 Å². The molecule has 0 amide bonds. The summed E-state index contributed by atoms with van der Waals surface area (Å²) in [7, 11) is 3.92. The van der Waals surface area contributed by atoms with E-state index >= 15 is 0 Å². The van der Waals surface area contributed by atoms with Gasteiger partial charge in [0.05, 0.1) is 6.10 Å². The second-order valence-corrected chi connectivity index (χ2v) is 4.65. The van der Waals surface area contributed by atoms with Crippen LogP contribution in [0.25, 0.3) is 0 Å². The lowest BCUT2D eigenvalue weighted by Crippen LogP contribution is -2.32. The first-order valence-corrected chi connectivity index (χ1v) is 6.75. The first kappa shape index (κ1) is 15.2. The summed E-state index contributed by atoms with van der Waals surface area (Å²) in [5, 5.41) is 3.41. The molecule has 0 fully saturated rings. The molecule has 1 unspecified atom stereocenters. The molecule has 18 heavy (non-hydrogen) atoms. The maximum Gasteiger partial charge on any atom is 0.0947 e. The van der Waals surface area contributed by atoms with Gasteiger partial charge < -0.3 is 15.0 Å². The highest BCUT2D eigenvalue weighted by Crippen LogP contribution is 2.16. The van der Waals surface area contributed by atoms with Gasteiger partial charge in [0.2, 0.25) is 0 Å². The zero-order valence-electron chi connectivity index (χ0n) is 11.9. The molecule has 1 atom stereocenters. The lowest BCUT2D eigenvalue weighted by Gasteiger charge is -2.23. The Bertz CT molecular complexity index is 303. The van der Waals surface area contributed by atoms with Gasteiger partial charge in [-0.25, -0.2) is 0 Å². The van der Waals surface area contributed by atoms with Crippen molar-refractivity contribution in [3.05, 3.63) is 35.9 Å². The summed E-state index contributed by atoms with van der Waals surface area (Å²) >= 11 is 0. The largest absolute Gasteiger partial charge is 0.375 e. The van der Waals surface area contributed by atoms with Crippen LogP contribution in [0.2, 0.25) is 0 Å². The van der Waals surface area contributed by atoms with Gasteiger partial charge in [-0.05, 0) is 25.6 Å². The molecule has 3 nitrogen and oxygen atoms in total. The van der Waals surface area contributed by atoms with Crippen molar-refractivity contribution in [1.29, 1.82) is 0 Å². The Labute approximate surface area is 111 Å². The third kappa shape index (κ3) is 5.63. The maximum atomic E-state index is 5.57. The highest BCUT2D eigenvalue weighted by atomic mass is 16.5. The van der Waals surface area contributed by atoms with Crippen LogP contribution in [-0.4, -0.2) is 45.2 Å². The van der Waals surface area contributed by atoms with E-state index in [0.717, 1.165) is 26.2 Å². The van der Waals surface area contributed by atoms with Crippen LogP contribution in [0.3, 0.4) is 0 Å². The molecule has 1 rings (SSSR count). The van der Waals surface area contributed by atoms with Gasteiger partial charge in [-0.1, -0.05) is 37.3 Å². The molecule has 3 heteroatoms. The molecule has 102 valence electrons. The smallest absolute Gasteiger partial charge is 0.0947 e. The van der Waals surface area contributed by atoms with Crippen molar-refractivity contribution in [3.63, 3.8) is 0 Å². The predicted octanol–water partition coefficient (Wildman–Crippen LogP) is 2.31. The Morgan fingerprint density at radius 3 is 2.56 bits per heavy atom. The minimum Gasteiger partial charge on any atom is -0.375 e. The van der Waals surface area contributed by atoms with E-state index < -0.39 is 0 Å². The van der Waals surface area contributed by atoms with Crippen molar-refractivity contribution >= 4 is 0 Å². The third-order valence-electron chi connectivity index (χ3n) is 3.03. The van der Waals surface area contributed by atoms with Crippen LogP contribution < -0.4 is 5.32 Å². The fraction of sp³-hybridized carbons (Fsp3) is 0.600. The van der Waals surface area contributed by atoms with Gasteiger partial charge in [0, 0.05) is 26.7 Å². The van der Waals surface area contributed by atoms with Gasteiger partial charge in [-0.15, -0.1) is 0 Å². The number of rotatable bonds is 9. The topological polar surface area (TPSA) is 24.5 Å². The quantitative estimate of drug-likeness (QED) is 0.681. The summed E-state index contributed by atoms with van der Waals surface area (Å²) in [5.74, 6) is 0. The fourth-order valence-electron chi connectivity index (χ4n) is 1.93. The molecule has 0 aromatic heterocycles. The Morgan fingerprint density at radius 1 is 1.22 bits per heavy atom. The van der Waals surface area contributed by atoms with E-state index in [2.05, 4.69) is 48.5 Å². The van der Waals surface area contributed by atoms with Crippen LogP contribution in [0.5, 0.6) is 0 Å². The minimum atomic E-state index is 0.155. The van der Waals surface area contributed by atoms with Crippen molar-refractivity contribution in [3.8, 4) is 0 Å². The SMILES string of the molecule is CCCNCCN(C)CC(OC)c1ccccc1. The van der Waals surface area contributed by atoms with E-state index in [0.29, 0.717) is 0 Å². The summed E-state index contributed by atoms with van der Waals surface area (Å²) in [5.41, 5.74) is 1.24. The maximum absolute atomic E-state index is 5.57. The van der Waals surface area contributed by atoms with E-state index in [1.54, 1.807) is 7.11 Å². The molecule has 1 N–H and O–H groups in total. The van der Waals surface area contributed by atoms with Crippen LogP contribution in [-0.2, 0) is 4.74 Å². The predicted molar refractivity (Wildman–Crippen MR) is 76.8 cm³/mol. The minimum absolute atomic E-state index is 0.155. The van der Waals surface area contributed by atoms with Crippen LogP contribution >= 0.6 is 0 Å². The summed E-state index contributed by atoms with van der Waals surface area (Å²) < 4.78 is 5.57. The number of ether oxygens (including phenoxy) is 1. The standard InChI is InChI=1S/C15H26N2O/c1-4-10-16-11-12-17(2)13-15(18-3)14-8-6-5-7-9-14/h5-9,15-16H,4,10-13H2,1-3H3. The van der Waals surface area contributed by atoms with Gasteiger partial charge in [-0.2, -0.15) is 0 Å². The molecule has 0 bridgehead atoms. The van der Waals surface area contributed by atoms with Gasteiger partial charge >= 0.3 is 0 Å². The first-order valence-electron chi connectivity index (χ1n) is 6.75. The van der Waals surface area contributed by atoms with Crippen molar-refractivity contribution in [2.75, 3.05) is 40.3 Å². The van der Waals surface area contributed by atoms with Gasteiger partial charge in [0.1, 0.15) is 0 Å². The summed E-state index contributed by atoms with van der Waals surface area (Å²) in [6.07, 6.45) is 1.34. The molecule has 0 spiro atoms. The lowest BCUT2D eigenvalue weighted by molar-refractivity contribution is 0.0719. The second-order valence-electron chi connectivity index (χ2n) is 4.65. The van der Waals surface area contributed by atoms with Crippen molar-refractivity contribution < 1.29 is 4.74 Å². The number of methoxy groups -OCH3 is 1. The molecule has 0 saturated heterocycles. The van der Waals surface area contributed by atoms with E-state index in [-0.39, 0.29) is 6.10 Å². The van der Waals surface area contributed by atoms with E-state index in [1.165, 1.54) is 12.0 Å². The van der Waals surface area contributed by atoms with Gasteiger partial charge in [0.15, 0.2) is 0 Å². The van der Waals surface area contributed by atoms with Gasteiger partial charge in [-0.3, -0.25) is 0 Å². The molecule has 1 aromatic carbocycles. The molecule has 1 aromatic rings. The number of hydrogen-bond donors (Lipinski definition) is 1. The van der Waals surface area contributed by atoms with Crippen LogP contribution in [0, 0.1) is 0 Å². The van der Waals surface area contributed by atoms with Crippen molar-refractivity contribution in [2.24, 2.45) is 0 Å². The summed E-state index contributed by atoms with van der Waals surface area (Å²) in [6, 6.07) is 10.4. The Balaban J connectivity index is 2.34. The summed E-state index contributed by atoms with van der Waals surface area (Å²) in [6.45, 7) is 6.30. The molecule has 0 aliphatic carbocycles. The van der Waals surface area contributed by atoms with Crippen LogP contribution in [0.4, 0.5) is 0 Å². The third-order valence-corrected chi connectivity index (χ3v) is 3.03. The highest BCUT2D eigenvalue weighted by molar-refractivity contribution is 5.17. The number of likely N-dealkylation sites (N-methyl/N-ethyl adjacent to an activating group) is 1. The molecule has 0 heterocycles. The molecule has 0 saturated carbocycles. The van der Waals surface area contributed by atoms with Gasteiger partial charge in [0.25, 0.3) is 0 Å². The second kappa shape index (κ2) is 9.09. The van der Waals surface area contributed by atoms with E-state index in [4.69, 9.17) is 4.74 Å². The molecule has 0 aliphatic rings. The Hall–Kier alpha value is -0.900. The normalized spacial score (nSPS) is 12.9. The van der Waals surface area contributed by atoms with Crippen molar-refractivity contribution in [1.82, 2.24) is 10.2 Å². The van der Waals surface area contributed by atoms with Crippen LogP contribution in [0.15, 0.2) is 30.3 Å². The lowest BCUT2D eigenvalue weighted by atomic mass is 10.1. The monoisotopic (exact) mass is 250 g/mol.